The molecule has 1 aromatic heterocycles. The molecule has 4 heteroatoms. The van der Waals surface area contributed by atoms with E-state index in [1.54, 1.807) is 24.5 Å². The lowest BCUT2D eigenvalue weighted by atomic mass is 10.0. The van der Waals surface area contributed by atoms with Gasteiger partial charge in [-0.25, -0.2) is 5.43 Å². The van der Waals surface area contributed by atoms with Crippen molar-refractivity contribution < 1.29 is 4.79 Å². The highest BCUT2D eigenvalue weighted by Crippen LogP contribution is 2.10. The minimum absolute atomic E-state index is 0.232. The number of carbonyl (C=O) groups is 1. The van der Waals surface area contributed by atoms with Crippen molar-refractivity contribution in [1.29, 1.82) is 0 Å². The quantitative estimate of drug-likeness (QED) is 0.446. The molecule has 2 aromatic rings. The third kappa shape index (κ3) is 5.61. The second-order valence-corrected chi connectivity index (χ2v) is 5.88. The van der Waals surface area contributed by atoms with E-state index < -0.39 is 0 Å². The van der Waals surface area contributed by atoms with E-state index in [-0.39, 0.29) is 5.91 Å². The van der Waals surface area contributed by atoms with Gasteiger partial charge >= 0.3 is 0 Å². The Bertz CT molecular complexity index is 663. The van der Waals surface area contributed by atoms with Crippen LogP contribution in [0.3, 0.4) is 0 Å². The first-order valence-electron chi connectivity index (χ1n) is 8.54. The van der Waals surface area contributed by atoms with Gasteiger partial charge in [0.15, 0.2) is 0 Å². The molecule has 0 aliphatic heterocycles. The summed E-state index contributed by atoms with van der Waals surface area (Å²) in [6.07, 6.45) is 9.40. The van der Waals surface area contributed by atoms with Gasteiger partial charge in [-0.2, -0.15) is 5.10 Å². The van der Waals surface area contributed by atoms with Crippen LogP contribution in [0.5, 0.6) is 0 Å². The van der Waals surface area contributed by atoms with Crippen LogP contribution in [0.1, 0.15) is 61.0 Å². The molecule has 0 aliphatic rings. The van der Waals surface area contributed by atoms with Gasteiger partial charge in [0.2, 0.25) is 0 Å². The van der Waals surface area contributed by atoms with Gasteiger partial charge in [-0.05, 0) is 43.0 Å². The number of aromatic nitrogens is 1. The first-order chi connectivity index (χ1) is 11.7. The van der Waals surface area contributed by atoms with Crippen molar-refractivity contribution in [2.24, 2.45) is 5.10 Å². The van der Waals surface area contributed by atoms with E-state index in [9.17, 15) is 4.79 Å². The number of rotatable bonds is 8. The SMILES string of the molecule is CCCCCCc1ccc(/C(C)=N/NC(=O)c2ccncc2)cc1. The minimum Gasteiger partial charge on any atom is -0.267 e. The molecular weight excluding hydrogens is 298 g/mol. The lowest BCUT2D eigenvalue weighted by Crippen LogP contribution is -2.19. The van der Waals surface area contributed by atoms with Crippen molar-refractivity contribution in [3.8, 4) is 0 Å². The molecule has 1 aromatic carbocycles. The maximum atomic E-state index is 12.0. The van der Waals surface area contributed by atoms with Crippen LogP contribution >= 0.6 is 0 Å². The Morgan fingerprint density at radius 2 is 1.71 bits per heavy atom. The molecule has 0 bridgehead atoms. The van der Waals surface area contributed by atoms with Gasteiger partial charge in [-0.1, -0.05) is 50.5 Å². The fourth-order valence-corrected chi connectivity index (χ4v) is 2.44. The molecule has 126 valence electrons. The zero-order valence-electron chi connectivity index (χ0n) is 14.5. The Kier molecular flexibility index (Phi) is 7.15. The van der Waals surface area contributed by atoms with Crippen LogP contribution in [-0.4, -0.2) is 16.6 Å². The van der Waals surface area contributed by atoms with E-state index in [1.807, 2.05) is 6.92 Å². The smallest absolute Gasteiger partial charge is 0.267 e. The Balaban J connectivity index is 1.89. The van der Waals surface area contributed by atoms with E-state index in [0.29, 0.717) is 5.56 Å². The first-order valence-corrected chi connectivity index (χ1v) is 8.54. The van der Waals surface area contributed by atoms with Crippen molar-refractivity contribution in [3.05, 3.63) is 65.5 Å². The summed E-state index contributed by atoms with van der Waals surface area (Å²) in [5.74, 6) is -0.232. The molecule has 24 heavy (non-hydrogen) atoms. The number of hydrogen-bond donors (Lipinski definition) is 1. The molecular formula is C20H25N3O. The number of aryl methyl sites for hydroxylation is 1. The second-order valence-electron chi connectivity index (χ2n) is 5.88. The predicted octanol–water partition coefficient (Wildman–Crippen LogP) is 4.36. The molecule has 4 nitrogen and oxygen atoms in total. The van der Waals surface area contributed by atoms with Crippen LogP contribution in [-0.2, 0) is 6.42 Å². The zero-order valence-corrected chi connectivity index (χ0v) is 14.5. The Morgan fingerprint density at radius 1 is 1.00 bits per heavy atom. The first kappa shape index (κ1) is 17.9. The highest BCUT2D eigenvalue weighted by atomic mass is 16.2. The summed E-state index contributed by atoms with van der Waals surface area (Å²) >= 11 is 0. The molecule has 2 rings (SSSR count). The molecule has 0 atom stereocenters. The van der Waals surface area contributed by atoms with Gasteiger partial charge in [0.25, 0.3) is 5.91 Å². The molecule has 0 unspecified atom stereocenters. The number of amides is 1. The topological polar surface area (TPSA) is 54.4 Å². The third-order valence-electron chi connectivity index (χ3n) is 3.96. The highest BCUT2D eigenvalue weighted by molar-refractivity contribution is 6.00. The number of benzene rings is 1. The van der Waals surface area contributed by atoms with E-state index in [4.69, 9.17) is 0 Å². The minimum atomic E-state index is -0.232. The number of hydrazone groups is 1. The van der Waals surface area contributed by atoms with Gasteiger partial charge in [-0.3, -0.25) is 9.78 Å². The van der Waals surface area contributed by atoms with Gasteiger partial charge in [0.05, 0.1) is 5.71 Å². The van der Waals surface area contributed by atoms with Gasteiger partial charge in [0.1, 0.15) is 0 Å². The van der Waals surface area contributed by atoms with Crippen LogP contribution in [0.15, 0.2) is 53.9 Å². The van der Waals surface area contributed by atoms with Crippen LogP contribution in [0.2, 0.25) is 0 Å². The third-order valence-corrected chi connectivity index (χ3v) is 3.96. The molecule has 0 aliphatic carbocycles. The van der Waals surface area contributed by atoms with Crippen LogP contribution in [0.25, 0.3) is 0 Å². The number of pyridine rings is 1. The van der Waals surface area contributed by atoms with Crippen LogP contribution in [0, 0.1) is 0 Å². The van der Waals surface area contributed by atoms with Gasteiger partial charge in [-0.15, -0.1) is 0 Å². The van der Waals surface area contributed by atoms with E-state index in [2.05, 4.69) is 46.7 Å². The summed E-state index contributed by atoms with van der Waals surface area (Å²) in [4.78, 5) is 15.9. The number of carbonyl (C=O) groups excluding carboxylic acids is 1. The average Bonchev–Trinajstić information content (AvgIpc) is 2.64. The van der Waals surface area contributed by atoms with E-state index in [0.717, 1.165) is 17.7 Å². The number of nitrogens with one attached hydrogen (secondary N) is 1. The zero-order chi connectivity index (χ0) is 17.2. The van der Waals surface area contributed by atoms with Crippen molar-refractivity contribution in [1.82, 2.24) is 10.4 Å². The highest BCUT2D eigenvalue weighted by Gasteiger charge is 2.04. The molecule has 1 N–H and O–H groups in total. The fourth-order valence-electron chi connectivity index (χ4n) is 2.44. The summed E-state index contributed by atoms with van der Waals surface area (Å²) in [5.41, 5.74) is 6.28. The van der Waals surface area contributed by atoms with Gasteiger partial charge in [0, 0.05) is 18.0 Å². The second kappa shape index (κ2) is 9.60. The monoisotopic (exact) mass is 323 g/mol. The van der Waals surface area contributed by atoms with Crippen LogP contribution < -0.4 is 5.43 Å². The summed E-state index contributed by atoms with van der Waals surface area (Å²) in [6.45, 7) is 4.12. The standard InChI is InChI=1S/C20H25N3O/c1-3-4-5-6-7-17-8-10-18(11-9-17)16(2)22-23-20(24)19-12-14-21-15-13-19/h8-15H,3-7H2,1-2H3,(H,23,24)/b22-16+. The summed E-state index contributed by atoms with van der Waals surface area (Å²) in [6, 6.07) is 11.7. The number of nitrogens with zero attached hydrogens (tertiary/aromatic N) is 2. The normalized spacial score (nSPS) is 11.3. The lowest BCUT2D eigenvalue weighted by molar-refractivity contribution is 0.0954. The molecule has 0 saturated carbocycles. The Morgan fingerprint density at radius 3 is 2.38 bits per heavy atom. The van der Waals surface area contributed by atoms with Gasteiger partial charge < -0.3 is 0 Å². The predicted molar refractivity (Wildman–Crippen MR) is 98.2 cm³/mol. The molecule has 0 radical (unpaired) electrons. The lowest BCUT2D eigenvalue weighted by Gasteiger charge is -2.05. The van der Waals surface area contributed by atoms with Crippen molar-refractivity contribution in [3.63, 3.8) is 0 Å². The van der Waals surface area contributed by atoms with Crippen molar-refractivity contribution in [2.45, 2.75) is 46.0 Å². The van der Waals surface area contributed by atoms with Crippen molar-refractivity contribution >= 4 is 11.6 Å². The summed E-state index contributed by atoms with van der Waals surface area (Å²) < 4.78 is 0. The molecule has 1 amide bonds. The maximum absolute atomic E-state index is 12.0. The fraction of sp³-hybridized carbons (Fsp3) is 0.350. The number of hydrogen-bond acceptors (Lipinski definition) is 3. The van der Waals surface area contributed by atoms with Crippen LogP contribution in [0.4, 0.5) is 0 Å². The Labute approximate surface area is 144 Å². The van der Waals surface area contributed by atoms with E-state index in [1.165, 1.54) is 31.2 Å². The molecule has 1 heterocycles. The summed E-state index contributed by atoms with van der Waals surface area (Å²) in [5, 5.41) is 4.18. The summed E-state index contributed by atoms with van der Waals surface area (Å²) in [7, 11) is 0. The average molecular weight is 323 g/mol. The maximum Gasteiger partial charge on any atom is 0.271 e. The van der Waals surface area contributed by atoms with Crippen molar-refractivity contribution in [2.75, 3.05) is 0 Å². The van der Waals surface area contributed by atoms with E-state index >= 15 is 0 Å². The molecule has 0 saturated heterocycles. The number of unbranched alkanes of at least 4 members (excludes halogenated alkanes) is 3. The molecule has 0 fully saturated rings. The molecule has 0 spiro atoms. The Hall–Kier alpha value is -2.49. The largest absolute Gasteiger partial charge is 0.271 e.